The Morgan fingerprint density at radius 2 is 1.64 bits per heavy atom. The number of hydrogen-bond donors (Lipinski definition) is 0. The molecule has 0 aromatic heterocycles. The molecule has 0 bridgehead atoms. The van der Waals surface area contributed by atoms with E-state index >= 15 is 0 Å². The van der Waals surface area contributed by atoms with Crippen LogP contribution in [0.4, 0.5) is 5.69 Å². The van der Waals surface area contributed by atoms with Crippen molar-refractivity contribution in [1.82, 2.24) is 0 Å². The molecule has 0 fully saturated rings. The van der Waals surface area contributed by atoms with Crippen LogP contribution in [0.3, 0.4) is 0 Å². The van der Waals surface area contributed by atoms with Gasteiger partial charge in [-0.25, -0.2) is 0 Å². The molecule has 0 saturated heterocycles. The SMILES string of the molecule is CN(C)c1cccc2cccc(I)c12. The average molecular weight is 297 g/mol. The lowest BCUT2D eigenvalue weighted by molar-refractivity contribution is 1.14. The van der Waals surface area contributed by atoms with E-state index in [2.05, 4.69) is 78.0 Å². The molecule has 0 radical (unpaired) electrons. The fraction of sp³-hybridized carbons (Fsp3) is 0.167. The van der Waals surface area contributed by atoms with E-state index in [0.29, 0.717) is 0 Å². The Hall–Kier alpha value is -0.770. The van der Waals surface area contributed by atoms with Crippen molar-refractivity contribution in [3.63, 3.8) is 0 Å². The minimum absolute atomic E-state index is 1.28. The van der Waals surface area contributed by atoms with E-state index in [-0.39, 0.29) is 0 Å². The van der Waals surface area contributed by atoms with E-state index < -0.39 is 0 Å². The van der Waals surface area contributed by atoms with E-state index in [1.54, 1.807) is 0 Å². The maximum Gasteiger partial charge on any atom is 0.0451 e. The van der Waals surface area contributed by atoms with E-state index in [1.807, 2.05) is 0 Å². The molecular formula is C12H12IN. The Morgan fingerprint density at radius 3 is 2.29 bits per heavy atom. The summed E-state index contributed by atoms with van der Waals surface area (Å²) in [6, 6.07) is 12.8. The van der Waals surface area contributed by atoms with Crippen molar-refractivity contribution in [3.8, 4) is 0 Å². The summed E-state index contributed by atoms with van der Waals surface area (Å²) in [5, 5.41) is 2.66. The largest absolute Gasteiger partial charge is 0.377 e. The Kier molecular flexibility index (Phi) is 2.63. The van der Waals surface area contributed by atoms with Crippen molar-refractivity contribution in [2.24, 2.45) is 0 Å². The lowest BCUT2D eigenvalue weighted by Crippen LogP contribution is -2.09. The second-order valence-corrected chi connectivity index (χ2v) is 4.67. The molecule has 1 nitrogen and oxygen atoms in total. The summed E-state index contributed by atoms with van der Waals surface area (Å²) < 4.78 is 1.31. The summed E-state index contributed by atoms with van der Waals surface area (Å²) in [5.74, 6) is 0. The summed E-state index contributed by atoms with van der Waals surface area (Å²) in [4.78, 5) is 2.16. The molecule has 2 heteroatoms. The Labute approximate surface area is 97.9 Å². The summed E-state index contributed by atoms with van der Waals surface area (Å²) in [5.41, 5.74) is 1.28. The third kappa shape index (κ3) is 1.59. The maximum atomic E-state index is 2.39. The van der Waals surface area contributed by atoms with Crippen molar-refractivity contribution in [2.75, 3.05) is 19.0 Å². The van der Waals surface area contributed by atoms with E-state index in [1.165, 1.54) is 20.0 Å². The second kappa shape index (κ2) is 3.77. The van der Waals surface area contributed by atoms with Crippen LogP contribution in [0.5, 0.6) is 0 Å². The molecule has 0 aliphatic carbocycles. The Balaban J connectivity index is 2.84. The zero-order chi connectivity index (χ0) is 10.1. The van der Waals surface area contributed by atoms with Gasteiger partial charge in [-0.15, -0.1) is 0 Å². The number of hydrogen-bond acceptors (Lipinski definition) is 1. The minimum Gasteiger partial charge on any atom is -0.377 e. The van der Waals surface area contributed by atoms with Gasteiger partial charge in [0, 0.05) is 28.7 Å². The Bertz CT molecular complexity index is 458. The fourth-order valence-electron chi connectivity index (χ4n) is 1.65. The normalized spacial score (nSPS) is 10.5. The van der Waals surface area contributed by atoms with Crippen LogP contribution >= 0.6 is 22.6 Å². The standard InChI is InChI=1S/C12H12IN/c1-14(2)11-8-4-6-9-5-3-7-10(13)12(9)11/h3-8H,1-2H3. The average Bonchev–Trinajstić information content (AvgIpc) is 2.17. The lowest BCUT2D eigenvalue weighted by atomic mass is 10.1. The van der Waals surface area contributed by atoms with Crippen molar-refractivity contribution >= 4 is 39.1 Å². The summed E-state index contributed by atoms with van der Waals surface area (Å²) in [7, 11) is 4.16. The first-order chi connectivity index (χ1) is 6.70. The molecule has 72 valence electrons. The third-order valence-corrected chi connectivity index (χ3v) is 3.21. The van der Waals surface area contributed by atoms with Crippen molar-refractivity contribution < 1.29 is 0 Å². The zero-order valence-corrected chi connectivity index (χ0v) is 10.4. The molecule has 0 atom stereocenters. The number of fused-ring (bicyclic) bond motifs is 1. The van der Waals surface area contributed by atoms with E-state index in [9.17, 15) is 0 Å². The number of anilines is 1. The smallest absolute Gasteiger partial charge is 0.0451 e. The van der Waals surface area contributed by atoms with Gasteiger partial charge in [0.2, 0.25) is 0 Å². The van der Waals surface area contributed by atoms with Gasteiger partial charge < -0.3 is 4.90 Å². The first-order valence-corrected chi connectivity index (χ1v) is 5.62. The molecule has 0 aliphatic heterocycles. The topological polar surface area (TPSA) is 3.24 Å². The lowest BCUT2D eigenvalue weighted by Gasteiger charge is -2.16. The van der Waals surface area contributed by atoms with Crippen LogP contribution < -0.4 is 4.90 Å². The predicted octanol–water partition coefficient (Wildman–Crippen LogP) is 3.51. The van der Waals surface area contributed by atoms with E-state index in [4.69, 9.17) is 0 Å². The highest BCUT2D eigenvalue weighted by atomic mass is 127. The van der Waals surface area contributed by atoms with Gasteiger partial charge in [-0.3, -0.25) is 0 Å². The van der Waals surface area contributed by atoms with Gasteiger partial charge in [-0.05, 0) is 40.1 Å². The van der Waals surface area contributed by atoms with Crippen LogP contribution in [-0.2, 0) is 0 Å². The Morgan fingerprint density at radius 1 is 1.00 bits per heavy atom. The van der Waals surface area contributed by atoms with E-state index in [0.717, 1.165) is 0 Å². The highest BCUT2D eigenvalue weighted by molar-refractivity contribution is 14.1. The highest BCUT2D eigenvalue weighted by Crippen LogP contribution is 2.29. The van der Waals surface area contributed by atoms with Gasteiger partial charge in [0.05, 0.1) is 0 Å². The highest BCUT2D eigenvalue weighted by Gasteiger charge is 2.04. The van der Waals surface area contributed by atoms with Gasteiger partial charge in [0.1, 0.15) is 0 Å². The molecule has 0 saturated carbocycles. The van der Waals surface area contributed by atoms with Gasteiger partial charge in [0.15, 0.2) is 0 Å². The molecular weight excluding hydrogens is 285 g/mol. The van der Waals surface area contributed by atoms with Crippen LogP contribution in [0.25, 0.3) is 10.8 Å². The van der Waals surface area contributed by atoms with Crippen molar-refractivity contribution in [3.05, 3.63) is 40.0 Å². The summed E-state index contributed by atoms with van der Waals surface area (Å²) in [6.45, 7) is 0. The third-order valence-electron chi connectivity index (χ3n) is 2.31. The first kappa shape index (κ1) is 9.77. The van der Waals surface area contributed by atoms with Gasteiger partial charge in [-0.2, -0.15) is 0 Å². The van der Waals surface area contributed by atoms with Gasteiger partial charge in [-0.1, -0.05) is 24.3 Å². The summed E-state index contributed by atoms with van der Waals surface area (Å²) in [6.07, 6.45) is 0. The molecule has 2 aromatic rings. The zero-order valence-electron chi connectivity index (χ0n) is 8.29. The van der Waals surface area contributed by atoms with Crippen LogP contribution in [0, 0.1) is 3.57 Å². The predicted molar refractivity (Wildman–Crippen MR) is 71.0 cm³/mol. The molecule has 14 heavy (non-hydrogen) atoms. The number of halogens is 1. The number of benzene rings is 2. The van der Waals surface area contributed by atoms with Crippen LogP contribution in [-0.4, -0.2) is 14.1 Å². The number of nitrogens with zero attached hydrogens (tertiary/aromatic N) is 1. The summed E-state index contributed by atoms with van der Waals surface area (Å²) >= 11 is 2.39. The second-order valence-electron chi connectivity index (χ2n) is 3.51. The molecule has 0 amide bonds. The first-order valence-electron chi connectivity index (χ1n) is 4.55. The van der Waals surface area contributed by atoms with Crippen LogP contribution in [0.2, 0.25) is 0 Å². The number of rotatable bonds is 1. The van der Waals surface area contributed by atoms with Crippen molar-refractivity contribution in [2.45, 2.75) is 0 Å². The quantitative estimate of drug-likeness (QED) is 0.728. The maximum absolute atomic E-state index is 2.39. The minimum atomic E-state index is 1.28. The molecule has 0 aliphatic rings. The molecule has 2 aromatic carbocycles. The van der Waals surface area contributed by atoms with Crippen molar-refractivity contribution in [1.29, 1.82) is 0 Å². The van der Waals surface area contributed by atoms with Gasteiger partial charge in [0.25, 0.3) is 0 Å². The van der Waals surface area contributed by atoms with Gasteiger partial charge >= 0.3 is 0 Å². The molecule has 0 unspecified atom stereocenters. The van der Waals surface area contributed by atoms with Crippen LogP contribution in [0.15, 0.2) is 36.4 Å². The fourth-order valence-corrected chi connectivity index (χ4v) is 2.44. The monoisotopic (exact) mass is 297 g/mol. The molecule has 0 spiro atoms. The van der Waals surface area contributed by atoms with Crippen LogP contribution in [0.1, 0.15) is 0 Å². The molecule has 2 rings (SSSR count). The molecule has 0 N–H and O–H groups in total. The molecule has 0 heterocycles.